The van der Waals surface area contributed by atoms with Gasteiger partial charge in [-0.1, -0.05) is 18.2 Å². The van der Waals surface area contributed by atoms with Crippen molar-refractivity contribution in [2.24, 2.45) is 0 Å². The Balaban J connectivity index is 1.78. The number of hydrogen-bond acceptors (Lipinski definition) is 5. The number of aromatic nitrogens is 1. The van der Waals surface area contributed by atoms with E-state index in [0.29, 0.717) is 28.5 Å². The first-order chi connectivity index (χ1) is 17.6. The van der Waals surface area contributed by atoms with Crippen LogP contribution in [0.2, 0.25) is 0 Å². The second kappa shape index (κ2) is 10.3. The highest BCUT2D eigenvalue weighted by atomic mass is 19.4. The van der Waals surface area contributed by atoms with Crippen LogP contribution in [0.4, 0.5) is 13.2 Å². The van der Waals surface area contributed by atoms with Gasteiger partial charge in [-0.15, -0.1) is 13.2 Å². The third-order valence-corrected chi connectivity index (χ3v) is 5.66. The zero-order chi connectivity index (χ0) is 26.7. The summed E-state index contributed by atoms with van der Waals surface area (Å²) in [6.07, 6.45) is -5.94. The number of benzene rings is 3. The Hall–Kier alpha value is -4.34. The monoisotopic (exact) mass is 515 g/mol. The van der Waals surface area contributed by atoms with Crippen molar-refractivity contribution in [1.29, 1.82) is 0 Å². The van der Waals surface area contributed by atoms with E-state index in [-0.39, 0.29) is 23.4 Å². The smallest absolute Gasteiger partial charge is 0.497 e. The van der Waals surface area contributed by atoms with Gasteiger partial charge < -0.3 is 28.6 Å². The Morgan fingerprint density at radius 2 is 1.68 bits per heavy atom. The summed E-state index contributed by atoms with van der Waals surface area (Å²) in [7, 11) is 1.52. The number of carboxylic acid groups (broad SMARTS) is 1. The number of ether oxygens (including phenoxy) is 4. The summed E-state index contributed by atoms with van der Waals surface area (Å²) in [6.45, 7) is 3.41. The number of carboxylic acids is 1. The van der Waals surface area contributed by atoms with Gasteiger partial charge >= 0.3 is 12.3 Å². The lowest BCUT2D eigenvalue weighted by atomic mass is 10.2. The van der Waals surface area contributed by atoms with Gasteiger partial charge in [0.15, 0.2) is 11.9 Å². The van der Waals surface area contributed by atoms with E-state index in [1.807, 2.05) is 6.07 Å². The SMILES string of the molecule is COc1ccc(Oc2c(C)n(Cc3cccc(O[C@H](C)C(=O)O)c3)c3cccc(OC(F)(F)F)c23)cc1. The molecule has 0 aliphatic rings. The predicted octanol–water partition coefficient (Wildman–Crippen LogP) is 6.55. The fraction of sp³-hybridized carbons (Fsp3) is 0.222. The van der Waals surface area contributed by atoms with Gasteiger partial charge in [-0.05, 0) is 67.9 Å². The molecule has 0 aliphatic heterocycles. The van der Waals surface area contributed by atoms with E-state index in [4.69, 9.17) is 19.3 Å². The van der Waals surface area contributed by atoms with E-state index in [0.717, 1.165) is 5.56 Å². The molecule has 10 heteroatoms. The predicted molar refractivity (Wildman–Crippen MR) is 130 cm³/mol. The van der Waals surface area contributed by atoms with Crippen LogP contribution in [0.1, 0.15) is 18.2 Å². The maximum atomic E-state index is 13.2. The number of carbonyl (C=O) groups is 1. The molecule has 194 valence electrons. The van der Waals surface area contributed by atoms with Crippen molar-refractivity contribution in [2.75, 3.05) is 7.11 Å². The van der Waals surface area contributed by atoms with Gasteiger partial charge in [0.05, 0.1) is 23.7 Å². The van der Waals surface area contributed by atoms with Gasteiger partial charge in [0.25, 0.3) is 0 Å². The molecule has 37 heavy (non-hydrogen) atoms. The van der Waals surface area contributed by atoms with Gasteiger partial charge in [0.2, 0.25) is 0 Å². The average Bonchev–Trinajstić information content (AvgIpc) is 3.10. The largest absolute Gasteiger partial charge is 0.573 e. The highest BCUT2D eigenvalue weighted by Crippen LogP contribution is 2.43. The van der Waals surface area contributed by atoms with E-state index in [1.54, 1.807) is 60.0 Å². The quantitative estimate of drug-likeness (QED) is 0.272. The summed E-state index contributed by atoms with van der Waals surface area (Å²) in [4.78, 5) is 11.1. The molecule has 0 fully saturated rings. The number of nitrogens with zero attached hydrogens (tertiary/aromatic N) is 1. The van der Waals surface area contributed by atoms with E-state index in [2.05, 4.69) is 4.74 Å². The molecule has 1 atom stereocenters. The summed E-state index contributed by atoms with van der Waals surface area (Å²) in [5.41, 5.74) is 1.77. The van der Waals surface area contributed by atoms with Crippen molar-refractivity contribution in [2.45, 2.75) is 32.9 Å². The second-order valence-electron chi connectivity index (χ2n) is 8.22. The molecule has 0 saturated carbocycles. The third kappa shape index (κ3) is 5.91. The molecular weight excluding hydrogens is 491 g/mol. The molecule has 7 nitrogen and oxygen atoms in total. The van der Waals surface area contributed by atoms with Crippen LogP contribution in [0, 0.1) is 6.92 Å². The fourth-order valence-corrected chi connectivity index (χ4v) is 3.91. The number of hydrogen-bond donors (Lipinski definition) is 1. The van der Waals surface area contributed by atoms with Crippen LogP contribution in [0.25, 0.3) is 10.9 Å². The molecule has 0 bridgehead atoms. The van der Waals surface area contributed by atoms with Crippen molar-refractivity contribution in [3.05, 3.63) is 78.0 Å². The molecule has 0 aliphatic carbocycles. The average molecular weight is 515 g/mol. The van der Waals surface area contributed by atoms with Crippen LogP contribution >= 0.6 is 0 Å². The zero-order valence-corrected chi connectivity index (χ0v) is 20.2. The van der Waals surface area contributed by atoms with Gasteiger partial charge in [0.1, 0.15) is 23.0 Å². The van der Waals surface area contributed by atoms with Crippen LogP contribution in [0.15, 0.2) is 66.7 Å². The summed E-state index contributed by atoms with van der Waals surface area (Å²) in [6, 6.07) is 17.9. The summed E-state index contributed by atoms with van der Waals surface area (Å²) in [5, 5.41) is 9.29. The molecule has 0 radical (unpaired) electrons. The first kappa shape index (κ1) is 25.7. The van der Waals surface area contributed by atoms with E-state index in [1.165, 1.54) is 26.2 Å². The molecule has 3 aromatic carbocycles. The molecule has 1 heterocycles. The molecule has 0 spiro atoms. The van der Waals surface area contributed by atoms with Crippen LogP contribution < -0.4 is 18.9 Å². The number of halogens is 3. The highest BCUT2D eigenvalue weighted by molar-refractivity contribution is 5.94. The molecular formula is C27H24F3NO6. The maximum absolute atomic E-state index is 13.2. The topological polar surface area (TPSA) is 79.2 Å². The Labute approximate surface area is 210 Å². The molecule has 0 saturated heterocycles. The molecule has 4 aromatic rings. The van der Waals surface area contributed by atoms with Crippen LogP contribution in [0.5, 0.6) is 28.7 Å². The molecule has 0 unspecified atom stereocenters. The first-order valence-electron chi connectivity index (χ1n) is 11.2. The molecule has 1 N–H and O–H groups in total. The standard InChI is InChI=1S/C27H24F3NO6/c1-16-25(36-20-12-10-19(34-3)11-13-20)24-22(8-5-9-23(24)37-27(28,29)30)31(16)15-18-6-4-7-21(14-18)35-17(2)26(32)33/h4-14,17H,15H2,1-3H3,(H,32,33)/t17-/m1/s1. The molecule has 0 amide bonds. The zero-order valence-electron chi connectivity index (χ0n) is 20.2. The Morgan fingerprint density at radius 3 is 2.32 bits per heavy atom. The van der Waals surface area contributed by atoms with Crippen molar-refractivity contribution < 1.29 is 42.0 Å². The highest BCUT2D eigenvalue weighted by Gasteiger charge is 2.33. The lowest BCUT2D eigenvalue weighted by Crippen LogP contribution is -2.22. The van der Waals surface area contributed by atoms with Crippen molar-refractivity contribution in [1.82, 2.24) is 4.57 Å². The number of rotatable bonds is 9. The maximum Gasteiger partial charge on any atom is 0.573 e. The fourth-order valence-electron chi connectivity index (χ4n) is 3.91. The van der Waals surface area contributed by atoms with Crippen LogP contribution in [0.3, 0.4) is 0 Å². The Bertz CT molecular complexity index is 1410. The normalized spacial score (nSPS) is 12.3. The summed E-state index contributed by atoms with van der Waals surface area (Å²) >= 11 is 0. The van der Waals surface area contributed by atoms with Crippen molar-refractivity contribution >= 4 is 16.9 Å². The third-order valence-electron chi connectivity index (χ3n) is 5.66. The number of alkyl halides is 3. The van der Waals surface area contributed by atoms with Gasteiger partial charge in [-0.25, -0.2) is 4.79 Å². The summed E-state index contributed by atoms with van der Waals surface area (Å²) in [5.74, 6) is 0.0943. The Kier molecular flexibility index (Phi) is 7.19. The van der Waals surface area contributed by atoms with Gasteiger partial charge in [-0.3, -0.25) is 0 Å². The lowest BCUT2D eigenvalue weighted by molar-refractivity contribution is -0.274. The number of fused-ring (bicyclic) bond motifs is 1. The van der Waals surface area contributed by atoms with E-state index in [9.17, 15) is 18.0 Å². The summed E-state index contributed by atoms with van der Waals surface area (Å²) < 4.78 is 62.5. The van der Waals surface area contributed by atoms with Gasteiger partial charge in [0, 0.05) is 6.54 Å². The van der Waals surface area contributed by atoms with Gasteiger partial charge in [-0.2, -0.15) is 0 Å². The second-order valence-corrected chi connectivity index (χ2v) is 8.22. The van der Waals surface area contributed by atoms with Crippen molar-refractivity contribution in [3.8, 4) is 28.7 Å². The molecule has 4 rings (SSSR count). The molecule has 1 aromatic heterocycles. The number of methoxy groups -OCH3 is 1. The van der Waals surface area contributed by atoms with Crippen molar-refractivity contribution in [3.63, 3.8) is 0 Å². The van der Waals surface area contributed by atoms with E-state index >= 15 is 0 Å². The lowest BCUT2D eigenvalue weighted by Gasteiger charge is -2.13. The van der Waals surface area contributed by atoms with Crippen LogP contribution in [-0.4, -0.2) is 35.2 Å². The minimum Gasteiger partial charge on any atom is -0.497 e. The van der Waals surface area contributed by atoms with Crippen LogP contribution in [-0.2, 0) is 11.3 Å². The minimum absolute atomic E-state index is 0.167. The van der Waals surface area contributed by atoms with E-state index < -0.39 is 18.4 Å². The number of aliphatic carboxylic acids is 1. The Morgan fingerprint density at radius 1 is 1.00 bits per heavy atom. The minimum atomic E-state index is -4.89. The first-order valence-corrected chi connectivity index (χ1v) is 11.2.